The first-order chi connectivity index (χ1) is 17.7. The lowest BCUT2D eigenvalue weighted by Crippen LogP contribution is -2.31. The molecule has 1 heterocycles. The highest BCUT2D eigenvalue weighted by Gasteiger charge is 2.41. The number of carbonyl (C=O) groups excluding carboxylic acids is 2. The first-order valence-electron chi connectivity index (χ1n) is 11.3. The molecule has 3 aromatic carbocycles. The van der Waals surface area contributed by atoms with Crippen LogP contribution in [-0.2, 0) is 16.0 Å². The molecular formula is C28H23Cl2N3O3S. The van der Waals surface area contributed by atoms with Crippen LogP contribution in [0.5, 0.6) is 5.75 Å². The van der Waals surface area contributed by atoms with Crippen LogP contribution in [0, 0.1) is 25.2 Å². The summed E-state index contributed by atoms with van der Waals surface area (Å²) in [5.41, 5.74) is 3.56. The number of para-hydroxylation sites is 2. The number of nitrogens with one attached hydrogen (secondary N) is 1. The van der Waals surface area contributed by atoms with Gasteiger partial charge in [-0.15, -0.1) is 0 Å². The Morgan fingerprint density at radius 3 is 2.57 bits per heavy atom. The highest BCUT2D eigenvalue weighted by molar-refractivity contribution is 8.05. The highest BCUT2D eigenvalue weighted by Crippen LogP contribution is 2.43. The molecule has 1 unspecified atom stereocenters. The van der Waals surface area contributed by atoms with Gasteiger partial charge in [-0.2, -0.15) is 5.26 Å². The van der Waals surface area contributed by atoms with E-state index in [1.165, 1.54) is 12.0 Å². The molecule has 1 saturated heterocycles. The van der Waals surface area contributed by atoms with Gasteiger partial charge in [0.05, 0.1) is 28.1 Å². The van der Waals surface area contributed by atoms with Gasteiger partial charge in [0.25, 0.3) is 5.91 Å². The van der Waals surface area contributed by atoms with Crippen molar-refractivity contribution in [2.45, 2.75) is 25.5 Å². The third kappa shape index (κ3) is 5.47. The maximum absolute atomic E-state index is 13.7. The van der Waals surface area contributed by atoms with Gasteiger partial charge in [-0.3, -0.25) is 14.5 Å². The summed E-state index contributed by atoms with van der Waals surface area (Å²) in [4.78, 5) is 28.5. The molecule has 1 fully saturated rings. The number of carbonyl (C=O) groups is 2. The second-order valence-corrected chi connectivity index (χ2v) is 10.4. The number of benzene rings is 3. The normalized spacial score (nSPS) is 16.4. The Balaban J connectivity index is 1.78. The lowest BCUT2D eigenvalue weighted by molar-refractivity contribution is -0.117. The van der Waals surface area contributed by atoms with E-state index in [4.69, 9.17) is 27.9 Å². The third-order valence-corrected chi connectivity index (χ3v) is 8.17. The average Bonchev–Trinajstić information content (AvgIpc) is 3.19. The average molecular weight is 552 g/mol. The highest BCUT2D eigenvalue weighted by atomic mass is 35.5. The van der Waals surface area contributed by atoms with Crippen molar-refractivity contribution in [3.05, 3.63) is 98.0 Å². The standard InChI is InChI=1S/C28H23Cl2N3O3S/c1-16-11-12-19(13-17(16)2)33-27(35)24(14-18-7-6-8-21(29)25(18)30)37-28(33)20(15-31)26(34)32-22-9-4-5-10-23(22)36-3/h4-13,24H,14H2,1-3H3,(H,32,34)/b28-20-. The van der Waals surface area contributed by atoms with Crippen molar-refractivity contribution >= 4 is 58.2 Å². The van der Waals surface area contributed by atoms with Crippen molar-refractivity contribution in [2.24, 2.45) is 0 Å². The molecule has 0 aliphatic carbocycles. The predicted octanol–water partition coefficient (Wildman–Crippen LogP) is 6.68. The number of nitrogens with zero attached hydrogens (tertiary/aromatic N) is 2. The lowest BCUT2D eigenvalue weighted by Gasteiger charge is -2.20. The maximum Gasteiger partial charge on any atom is 0.269 e. The Kier molecular flexibility index (Phi) is 8.13. The second kappa shape index (κ2) is 11.3. The number of aryl methyl sites for hydroxylation is 2. The number of anilines is 2. The van der Waals surface area contributed by atoms with Crippen LogP contribution < -0.4 is 15.0 Å². The van der Waals surface area contributed by atoms with Gasteiger partial charge in [0.2, 0.25) is 5.91 Å². The number of hydrogen-bond donors (Lipinski definition) is 1. The van der Waals surface area contributed by atoms with Crippen LogP contribution in [0.2, 0.25) is 10.0 Å². The Hall–Kier alpha value is -3.44. The molecule has 1 atom stereocenters. The first kappa shape index (κ1) is 26.6. The summed E-state index contributed by atoms with van der Waals surface area (Å²) in [6, 6.07) is 19.8. The fraction of sp³-hybridized carbons (Fsp3) is 0.179. The van der Waals surface area contributed by atoms with E-state index in [9.17, 15) is 14.9 Å². The van der Waals surface area contributed by atoms with Crippen molar-refractivity contribution in [3.8, 4) is 11.8 Å². The quantitative estimate of drug-likeness (QED) is 0.272. The summed E-state index contributed by atoms with van der Waals surface area (Å²) in [7, 11) is 1.49. The Bertz CT molecular complexity index is 1470. The molecule has 188 valence electrons. The van der Waals surface area contributed by atoms with E-state index in [1.807, 2.05) is 44.2 Å². The molecule has 1 N–H and O–H groups in total. The summed E-state index contributed by atoms with van der Waals surface area (Å²) in [5, 5.41) is 13.2. The first-order valence-corrected chi connectivity index (χ1v) is 13.0. The molecule has 0 spiro atoms. The predicted molar refractivity (Wildman–Crippen MR) is 149 cm³/mol. The van der Waals surface area contributed by atoms with Gasteiger partial charge in [-0.05, 0) is 67.3 Å². The molecule has 0 bridgehead atoms. The molecule has 3 aromatic rings. The molecule has 37 heavy (non-hydrogen) atoms. The van der Waals surface area contributed by atoms with E-state index in [1.54, 1.807) is 36.4 Å². The zero-order chi connectivity index (χ0) is 26.7. The van der Waals surface area contributed by atoms with Crippen LogP contribution in [0.1, 0.15) is 16.7 Å². The van der Waals surface area contributed by atoms with Gasteiger partial charge in [0.15, 0.2) is 0 Å². The fourth-order valence-electron chi connectivity index (χ4n) is 3.93. The van der Waals surface area contributed by atoms with Gasteiger partial charge >= 0.3 is 0 Å². The molecule has 0 saturated carbocycles. The van der Waals surface area contributed by atoms with E-state index in [0.717, 1.165) is 22.9 Å². The van der Waals surface area contributed by atoms with Crippen molar-refractivity contribution < 1.29 is 14.3 Å². The monoisotopic (exact) mass is 551 g/mol. The van der Waals surface area contributed by atoms with E-state index in [0.29, 0.717) is 32.7 Å². The zero-order valence-corrected chi connectivity index (χ0v) is 22.7. The molecule has 2 amide bonds. The second-order valence-electron chi connectivity index (χ2n) is 8.41. The number of thioether (sulfide) groups is 1. The van der Waals surface area contributed by atoms with E-state index in [-0.39, 0.29) is 22.9 Å². The Labute approximate surface area is 229 Å². The number of nitriles is 1. The van der Waals surface area contributed by atoms with Crippen molar-refractivity contribution in [2.75, 3.05) is 17.3 Å². The van der Waals surface area contributed by atoms with Gasteiger partial charge in [0, 0.05) is 5.69 Å². The smallest absolute Gasteiger partial charge is 0.269 e. The van der Waals surface area contributed by atoms with E-state index >= 15 is 0 Å². The molecule has 0 aromatic heterocycles. The van der Waals surface area contributed by atoms with Crippen molar-refractivity contribution in [3.63, 3.8) is 0 Å². The van der Waals surface area contributed by atoms with Crippen molar-refractivity contribution in [1.29, 1.82) is 5.26 Å². The SMILES string of the molecule is COc1ccccc1NC(=O)/C(C#N)=C1\SC(Cc2cccc(Cl)c2Cl)C(=O)N1c1ccc(C)c(C)c1. The zero-order valence-electron chi connectivity index (χ0n) is 20.3. The largest absolute Gasteiger partial charge is 0.495 e. The summed E-state index contributed by atoms with van der Waals surface area (Å²) in [6.07, 6.45) is 0.278. The fourth-order valence-corrected chi connectivity index (χ4v) is 5.62. The third-order valence-electron chi connectivity index (χ3n) is 6.05. The summed E-state index contributed by atoms with van der Waals surface area (Å²) < 4.78 is 5.31. The van der Waals surface area contributed by atoms with Crippen LogP contribution in [0.3, 0.4) is 0 Å². The minimum absolute atomic E-state index is 0.179. The van der Waals surface area contributed by atoms with Crippen molar-refractivity contribution in [1.82, 2.24) is 0 Å². The van der Waals surface area contributed by atoms with Gasteiger partial charge in [-0.25, -0.2) is 0 Å². The molecule has 1 aliphatic rings. The maximum atomic E-state index is 13.7. The Morgan fingerprint density at radius 1 is 1.11 bits per heavy atom. The number of halogens is 2. The molecule has 4 rings (SSSR count). The van der Waals surface area contributed by atoms with E-state index in [2.05, 4.69) is 5.32 Å². The minimum atomic E-state index is -0.641. The van der Waals surface area contributed by atoms with Crippen LogP contribution in [-0.4, -0.2) is 24.2 Å². The van der Waals surface area contributed by atoms with Gasteiger partial charge < -0.3 is 10.1 Å². The van der Waals surface area contributed by atoms with Crippen LogP contribution in [0.15, 0.2) is 71.3 Å². The summed E-state index contributed by atoms with van der Waals surface area (Å²) in [6.45, 7) is 3.92. The van der Waals surface area contributed by atoms with Crippen LogP contribution in [0.25, 0.3) is 0 Å². The molecule has 9 heteroatoms. The number of amides is 2. The Morgan fingerprint density at radius 2 is 1.86 bits per heavy atom. The number of hydrogen-bond acceptors (Lipinski definition) is 5. The van der Waals surface area contributed by atoms with Gasteiger partial charge in [-0.1, -0.05) is 65.3 Å². The topological polar surface area (TPSA) is 82.4 Å². The lowest BCUT2D eigenvalue weighted by atomic mass is 10.1. The molecule has 0 radical (unpaired) electrons. The number of rotatable bonds is 6. The molecular weight excluding hydrogens is 529 g/mol. The number of ether oxygens (including phenoxy) is 1. The van der Waals surface area contributed by atoms with Gasteiger partial charge in [0.1, 0.15) is 22.4 Å². The minimum Gasteiger partial charge on any atom is -0.495 e. The van der Waals surface area contributed by atoms with Crippen LogP contribution in [0.4, 0.5) is 11.4 Å². The summed E-state index contributed by atoms with van der Waals surface area (Å²) in [5.74, 6) is -0.442. The molecule has 6 nitrogen and oxygen atoms in total. The number of methoxy groups -OCH3 is 1. The van der Waals surface area contributed by atoms with Crippen LogP contribution >= 0.6 is 35.0 Å². The van der Waals surface area contributed by atoms with E-state index < -0.39 is 11.2 Å². The summed E-state index contributed by atoms with van der Waals surface area (Å²) >= 11 is 13.8. The molecule has 1 aliphatic heterocycles.